The number of carbonyl (C=O) groups is 1. The number of rotatable bonds is 7. The molecule has 1 saturated heterocycles. The summed E-state index contributed by atoms with van der Waals surface area (Å²) in [6.07, 6.45) is 1.62. The molecule has 2 aromatic rings. The van der Waals surface area contributed by atoms with Crippen molar-refractivity contribution in [3.63, 3.8) is 0 Å². The average Bonchev–Trinajstić information content (AvgIpc) is 3.34. The zero-order chi connectivity index (χ0) is 25.2. The molecule has 0 aliphatic carbocycles. The number of fused-ring (bicyclic) bond motifs is 1. The molecule has 0 saturated carbocycles. The molecule has 3 heterocycles. The quantitative estimate of drug-likeness (QED) is 0.307. The molecule has 3 aliphatic heterocycles. The van der Waals surface area contributed by atoms with E-state index in [-0.39, 0.29) is 17.3 Å². The number of nitrogens with two attached hydrogens (primary N) is 1. The van der Waals surface area contributed by atoms with Gasteiger partial charge in [-0.1, -0.05) is 0 Å². The fourth-order valence-electron chi connectivity index (χ4n) is 4.25. The Balaban J connectivity index is 1.47. The highest BCUT2D eigenvalue weighted by Gasteiger charge is 2.21. The molecule has 186 valence electrons. The van der Waals surface area contributed by atoms with E-state index in [0.29, 0.717) is 47.8 Å². The first-order chi connectivity index (χ1) is 17.4. The second-order valence-corrected chi connectivity index (χ2v) is 8.45. The summed E-state index contributed by atoms with van der Waals surface area (Å²) in [6.45, 7) is 4.27. The van der Waals surface area contributed by atoms with Crippen LogP contribution < -0.4 is 26.0 Å². The second kappa shape index (κ2) is 9.70. The van der Waals surface area contributed by atoms with Crippen LogP contribution in [0, 0.1) is 5.82 Å². The van der Waals surface area contributed by atoms with Crippen LogP contribution in [-0.4, -0.2) is 53.8 Å². The number of aromatic nitrogens is 3. The number of ether oxygens (including phenoxy) is 2. The van der Waals surface area contributed by atoms with Gasteiger partial charge >= 0.3 is 0 Å². The Bertz CT molecular complexity index is 1380. The number of benzene rings is 2. The van der Waals surface area contributed by atoms with Crippen LogP contribution in [0.2, 0.25) is 0 Å². The van der Waals surface area contributed by atoms with Crippen LogP contribution in [0.15, 0.2) is 48.7 Å². The fraction of sp³-hybridized carbons (Fsp3) is 0.240. The lowest BCUT2D eigenvalue weighted by atomic mass is 10.1. The standard InChI is InChI=1S/C25H26FN7O3/c1-14-13-36-10-9-33(14)16-4-6-19(21(12-16)35-2)30-25-31-23-18(7-8-28-23)24(32-25)29-20-11-15(26)3-5-17(20)22(27)34/h3-8,11-12,14H,9-10,13H2,1-2H3,(H2,27,34)(H3,28,29,30,31,32)/t14-/m0/s1. The number of hydrogen-bond acceptors (Lipinski definition) is 8. The zero-order valence-electron chi connectivity index (χ0n) is 19.8. The van der Waals surface area contributed by atoms with Gasteiger partial charge in [0.25, 0.3) is 5.91 Å². The number of hydrogen-bond donors (Lipinski definition) is 4. The van der Waals surface area contributed by atoms with Gasteiger partial charge in [0.2, 0.25) is 5.95 Å². The van der Waals surface area contributed by atoms with Crippen molar-refractivity contribution >= 4 is 34.7 Å². The lowest BCUT2D eigenvalue weighted by molar-refractivity contribution is 0.0989. The van der Waals surface area contributed by atoms with Gasteiger partial charge in [-0.25, -0.2) is 9.37 Å². The van der Waals surface area contributed by atoms with E-state index in [0.717, 1.165) is 12.2 Å². The van der Waals surface area contributed by atoms with E-state index in [1.165, 1.54) is 18.2 Å². The van der Waals surface area contributed by atoms with Crippen molar-refractivity contribution in [1.82, 2.24) is 15.0 Å². The third-order valence-electron chi connectivity index (χ3n) is 6.05. The van der Waals surface area contributed by atoms with Gasteiger partial charge in [0.05, 0.1) is 42.8 Å². The van der Waals surface area contributed by atoms with Gasteiger partial charge in [0.1, 0.15) is 23.2 Å². The van der Waals surface area contributed by atoms with Gasteiger partial charge < -0.3 is 35.7 Å². The van der Waals surface area contributed by atoms with Crippen LogP contribution in [0.3, 0.4) is 0 Å². The second-order valence-electron chi connectivity index (χ2n) is 8.45. The maximum atomic E-state index is 13.9. The number of methoxy groups -OCH3 is 1. The normalized spacial score (nSPS) is 15.6. The molecule has 1 amide bonds. The van der Waals surface area contributed by atoms with Gasteiger partial charge in [-0.05, 0) is 43.3 Å². The topological polar surface area (TPSA) is 130 Å². The Kier molecular flexibility index (Phi) is 6.30. The van der Waals surface area contributed by atoms with Crippen LogP contribution in [0.4, 0.5) is 33.2 Å². The van der Waals surface area contributed by atoms with E-state index >= 15 is 0 Å². The molecule has 0 bridgehead atoms. The summed E-state index contributed by atoms with van der Waals surface area (Å²) < 4.78 is 25.1. The number of morpholine rings is 1. The molecule has 0 radical (unpaired) electrons. The summed E-state index contributed by atoms with van der Waals surface area (Å²) in [5, 5.41) is 6.27. The van der Waals surface area contributed by atoms with Crippen molar-refractivity contribution in [3.8, 4) is 17.1 Å². The van der Waals surface area contributed by atoms with E-state index < -0.39 is 11.7 Å². The minimum Gasteiger partial charge on any atom is -0.494 e. The van der Waals surface area contributed by atoms with Gasteiger partial charge in [0, 0.05) is 30.5 Å². The highest BCUT2D eigenvalue weighted by atomic mass is 19.1. The molecule has 0 unspecified atom stereocenters. The minimum absolute atomic E-state index is 0.141. The van der Waals surface area contributed by atoms with Crippen molar-refractivity contribution in [2.24, 2.45) is 5.73 Å². The first kappa shape index (κ1) is 23.4. The van der Waals surface area contributed by atoms with E-state index in [4.69, 9.17) is 15.2 Å². The molecule has 0 spiro atoms. The monoisotopic (exact) mass is 491 g/mol. The van der Waals surface area contributed by atoms with Gasteiger partial charge in [0.15, 0.2) is 0 Å². The Morgan fingerprint density at radius 2 is 2.08 bits per heavy atom. The number of halogens is 1. The van der Waals surface area contributed by atoms with Crippen molar-refractivity contribution < 1.29 is 18.7 Å². The third kappa shape index (κ3) is 4.60. The van der Waals surface area contributed by atoms with Crippen LogP contribution in [0.5, 0.6) is 5.75 Å². The van der Waals surface area contributed by atoms with Gasteiger partial charge in [-0.15, -0.1) is 0 Å². The largest absolute Gasteiger partial charge is 0.494 e. The average molecular weight is 492 g/mol. The first-order valence-corrected chi connectivity index (χ1v) is 11.4. The lowest BCUT2D eigenvalue weighted by Crippen LogP contribution is -2.43. The van der Waals surface area contributed by atoms with Crippen LogP contribution in [-0.2, 0) is 4.74 Å². The summed E-state index contributed by atoms with van der Waals surface area (Å²) >= 11 is 0. The number of carbonyl (C=O) groups excluding carboxylic acids is 1. The van der Waals surface area contributed by atoms with Crippen LogP contribution >= 0.6 is 0 Å². The van der Waals surface area contributed by atoms with Crippen molar-refractivity contribution in [3.05, 3.63) is 60.0 Å². The molecule has 11 heteroatoms. The van der Waals surface area contributed by atoms with E-state index in [9.17, 15) is 9.18 Å². The van der Waals surface area contributed by atoms with Crippen LogP contribution in [0.25, 0.3) is 11.4 Å². The number of nitrogens with zero attached hydrogens (tertiary/aromatic N) is 3. The first-order valence-electron chi connectivity index (χ1n) is 11.4. The van der Waals surface area contributed by atoms with E-state index in [1.807, 2.05) is 18.2 Å². The van der Waals surface area contributed by atoms with Crippen molar-refractivity contribution in [1.29, 1.82) is 0 Å². The fourth-order valence-corrected chi connectivity index (χ4v) is 4.25. The Morgan fingerprint density at radius 1 is 1.22 bits per heavy atom. The maximum Gasteiger partial charge on any atom is 0.250 e. The molecule has 2 aromatic carbocycles. The van der Waals surface area contributed by atoms with Gasteiger partial charge in [-0.3, -0.25) is 4.79 Å². The Hall–Kier alpha value is -4.38. The number of nitrogens with one attached hydrogen (secondary N) is 3. The highest BCUT2D eigenvalue weighted by Crippen LogP contribution is 2.35. The Morgan fingerprint density at radius 3 is 2.86 bits per heavy atom. The predicted molar refractivity (Wildman–Crippen MR) is 135 cm³/mol. The summed E-state index contributed by atoms with van der Waals surface area (Å²) in [5.41, 5.74) is 8.19. The summed E-state index contributed by atoms with van der Waals surface area (Å²) in [6, 6.07) is 11.6. The number of aromatic amines is 1. The molecular formula is C25H26FN7O3. The minimum atomic E-state index is -0.686. The van der Waals surface area contributed by atoms with E-state index in [2.05, 4.69) is 37.4 Å². The van der Waals surface area contributed by atoms with E-state index in [1.54, 1.807) is 19.4 Å². The predicted octanol–water partition coefficient (Wildman–Crippen LogP) is 3.87. The SMILES string of the molecule is COc1cc(N2CCOC[C@@H]2C)ccc1Nc1nc(Nc2cc(F)ccc2C(N)=O)c2ccnc-2[nH]1. The summed E-state index contributed by atoms with van der Waals surface area (Å²) in [7, 11) is 1.61. The summed E-state index contributed by atoms with van der Waals surface area (Å²) in [4.78, 5) is 26.2. The number of anilines is 5. The third-order valence-corrected chi connectivity index (χ3v) is 6.05. The summed E-state index contributed by atoms with van der Waals surface area (Å²) in [5.74, 6) is 0.715. The molecule has 10 nitrogen and oxygen atoms in total. The maximum absolute atomic E-state index is 13.9. The van der Waals surface area contributed by atoms with Gasteiger partial charge in [-0.2, -0.15) is 4.98 Å². The molecule has 1 atom stereocenters. The molecule has 36 heavy (non-hydrogen) atoms. The molecule has 5 N–H and O–H groups in total. The molecule has 5 rings (SSSR count). The molecule has 0 aromatic heterocycles. The lowest BCUT2D eigenvalue weighted by Gasteiger charge is -2.35. The molecular weight excluding hydrogens is 465 g/mol. The van der Waals surface area contributed by atoms with Crippen molar-refractivity contribution in [2.75, 3.05) is 42.4 Å². The number of amides is 1. The molecule has 3 aliphatic rings. The van der Waals surface area contributed by atoms with Crippen molar-refractivity contribution in [2.45, 2.75) is 13.0 Å². The number of primary amides is 1. The smallest absolute Gasteiger partial charge is 0.250 e. The zero-order valence-corrected chi connectivity index (χ0v) is 19.8. The number of H-pyrrole nitrogens is 1. The molecule has 1 fully saturated rings. The highest BCUT2D eigenvalue weighted by molar-refractivity contribution is 5.99. The van der Waals surface area contributed by atoms with Crippen LogP contribution in [0.1, 0.15) is 17.3 Å². The Labute approximate surface area is 207 Å².